The molecule has 0 saturated heterocycles. The highest BCUT2D eigenvalue weighted by Crippen LogP contribution is 2.38. The van der Waals surface area contributed by atoms with Gasteiger partial charge in [-0.1, -0.05) is 0 Å². The second-order valence-electron chi connectivity index (χ2n) is 2.86. The second kappa shape index (κ2) is 3.27. The number of nitrogens with two attached hydrogens (primary N) is 1. The first kappa shape index (κ1) is 10.0. The Hall–Kier alpha value is -1.50. The number of aromatic nitrogens is 2. The fourth-order valence-electron chi connectivity index (χ4n) is 1.12. The van der Waals surface area contributed by atoms with Crippen molar-refractivity contribution in [2.24, 2.45) is 0 Å². The van der Waals surface area contributed by atoms with Crippen LogP contribution in [-0.2, 0) is 6.18 Å². The zero-order valence-electron chi connectivity index (χ0n) is 7.30. The van der Waals surface area contributed by atoms with Gasteiger partial charge >= 0.3 is 6.18 Å². The monoisotopic (exact) mass is 233 g/mol. The van der Waals surface area contributed by atoms with Gasteiger partial charge in [0.1, 0.15) is 4.88 Å². The van der Waals surface area contributed by atoms with E-state index in [2.05, 4.69) is 10.2 Å². The van der Waals surface area contributed by atoms with Gasteiger partial charge in [-0.15, -0.1) is 11.3 Å². The van der Waals surface area contributed by atoms with Gasteiger partial charge in [0, 0.05) is 0 Å². The van der Waals surface area contributed by atoms with E-state index in [1.54, 1.807) is 0 Å². The Morgan fingerprint density at radius 1 is 1.33 bits per heavy atom. The number of nitrogen functional groups attached to an aromatic ring is 1. The number of H-pyrrole nitrogens is 1. The smallest absolute Gasteiger partial charge is 0.396 e. The van der Waals surface area contributed by atoms with Crippen molar-refractivity contribution in [3.63, 3.8) is 0 Å². The molecule has 0 aliphatic carbocycles. The molecule has 80 valence electrons. The molecule has 0 aromatic carbocycles. The lowest BCUT2D eigenvalue weighted by molar-refractivity contribution is -0.134. The fourth-order valence-corrected chi connectivity index (χ4v) is 2.01. The molecule has 2 rings (SSSR count). The van der Waals surface area contributed by atoms with Crippen LogP contribution in [-0.4, -0.2) is 10.2 Å². The maximum absolute atomic E-state index is 12.3. The molecule has 3 nitrogen and oxygen atoms in total. The van der Waals surface area contributed by atoms with Crippen LogP contribution >= 0.6 is 11.3 Å². The van der Waals surface area contributed by atoms with Crippen LogP contribution < -0.4 is 5.73 Å². The first-order chi connectivity index (χ1) is 6.98. The molecule has 0 aliphatic heterocycles. The summed E-state index contributed by atoms with van der Waals surface area (Å²) >= 11 is 0.635. The molecule has 0 unspecified atom stereocenters. The number of aromatic amines is 1. The molecule has 0 aliphatic rings. The van der Waals surface area contributed by atoms with Crippen LogP contribution in [0.5, 0.6) is 0 Å². The minimum atomic E-state index is -4.31. The zero-order chi connectivity index (χ0) is 11.1. The molecule has 15 heavy (non-hydrogen) atoms. The SMILES string of the molecule is Nc1cn[nH]c1-c1ccc(C(F)(F)F)s1. The van der Waals surface area contributed by atoms with Crippen molar-refractivity contribution in [1.29, 1.82) is 0 Å². The highest BCUT2D eigenvalue weighted by molar-refractivity contribution is 7.15. The summed E-state index contributed by atoms with van der Waals surface area (Å²) in [5, 5.41) is 6.20. The highest BCUT2D eigenvalue weighted by Gasteiger charge is 2.32. The number of nitrogens with zero attached hydrogens (tertiary/aromatic N) is 1. The van der Waals surface area contributed by atoms with Gasteiger partial charge in [-0.3, -0.25) is 5.10 Å². The lowest BCUT2D eigenvalue weighted by Crippen LogP contribution is -2.00. The Morgan fingerprint density at radius 3 is 2.53 bits per heavy atom. The molecular formula is C8H6F3N3S. The van der Waals surface area contributed by atoms with Crippen LogP contribution in [0.3, 0.4) is 0 Å². The third kappa shape index (κ3) is 1.82. The van der Waals surface area contributed by atoms with Gasteiger partial charge in [0.15, 0.2) is 0 Å². The van der Waals surface area contributed by atoms with E-state index in [-0.39, 0.29) is 0 Å². The Morgan fingerprint density at radius 2 is 2.07 bits per heavy atom. The molecule has 2 heterocycles. The van der Waals surface area contributed by atoms with Gasteiger partial charge in [0.05, 0.1) is 22.5 Å². The van der Waals surface area contributed by atoms with E-state index in [4.69, 9.17) is 5.73 Å². The molecule has 0 spiro atoms. The van der Waals surface area contributed by atoms with Crippen molar-refractivity contribution >= 4 is 17.0 Å². The van der Waals surface area contributed by atoms with Crippen LogP contribution in [0.25, 0.3) is 10.6 Å². The summed E-state index contributed by atoms with van der Waals surface area (Å²) in [4.78, 5) is -0.219. The third-order valence-corrected chi connectivity index (χ3v) is 2.95. The predicted octanol–water partition coefficient (Wildman–Crippen LogP) is 2.74. The number of halogens is 3. The van der Waals surface area contributed by atoms with Crippen molar-refractivity contribution in [3.8, 4) is 10.6 Å². The summed E-state index contributed by atoms with van der Waals surface area (Å²) < 4.78 is 36.9. The maximum atomic E-state index is 12.3. The average molecular weight is 233 g/mol. The van der Waals surface area contributed by atoms with Crippen LogP contribution in [0.2, 0.25) is 0 Å². The van der Waals surface area contributed by atoms with Crippen LogP contribution in [0.1, 0.15) is 4.88 Å². The van der Waals surface area contributed by atoms with E-state index in [9.17, 15) is 13.2 Å². The third-order valence-electron chi connectivity index (χ3n) is 1.80. The van der Waals surface area contributed by atoms with E-state index in [0.717, 1.165) is 6.07 Å². The van der Waals surface area contributed by atoms with Gasteiger partial charge in [-0.05, 0) is 12.1 Å². The normalized spacial score (nSPS) is 11.9. The Kier molecular flexibility index (Phi) is 2.18. The average Bonchev–Trinajstić information content (AvgIpc) is 2.69. The number of hydrogen-bond acceptors (Lipinski definition) is 3. The molecule has 0 atom stereocenters. The van der Waals surface area contributed by atoms with Crippen molar-refractivity contribution < 1.29 is 13.2 Å². The lowest BCUT2D eigenvalue weighted by Gasteiger charge is -2.00. The summed E-state index contributed by atoms with van der Waals surface area (Å²) in [6, 6.07) is 2.40. The molecule has 0 amide bonds. The van der Waals surface area contributed by atoms with Crippen molar-refractivity contribution in [2.75, 3.05) is 5.73 Å². The Labute approximate surface area is 86.7 Å². The minimum absolute atomic E-state index is 0.338. The number of nitrogens with one attached hydrogen (secondary N) is 1. The van der Waals surface area contributed by atoms with E-state index in [1.807, 2.05) is 0 Å². The molecule has 0 radical (unpaired) electrons. The number of alkyl halides is 3. The summed E-state index contributed by atoms with van der Waals surface area (Å²) in [7, 11) is 0. The molecule has 2 aromatic rings. The molecule has 0 fully saturated rings. The summed E-state index contributed by atoms with van der Waals surface area (Å²) in [6.07, 6.45) is -2.94. The van der Waals surface area contributed by atoms with Gasteiger partial charge in [0.25, 0.3) is 0 Å². The Bertz CT molecular complexity index is 471. The first-order valence-electron chi connectivity index (χ1n) is 3.95. The molecule has 0 bridgehead atoms. The second-order valence-corrected chi connectivity index (χ2v) is 3.95. The van der Waals surface area contributed by atoms with Gasteiger partial charge < -0.3 is 5.73 Å². The largest absolute Gasteiger partial charge is 0.425 e. The standard InChI is InChI=1S/C8H6F3N3S/c9-8(10,11)6-2-1-5(15-6)7-4(12)3-13-14-7/h1-3H,12H2,(H,13,14). The summed E-state index contributed by atoms with van der Waals surface area (Å²) in [6.45, 7) is 0. The number of rotatable bonds is 1. The fraction of sp³-hybridized carbons (Fsp3) is 0.125. The number of anilines is 1. The quantitative estimate of drug-likeness (QED) is 0.795. The molecule has 2 aromatic heterocycles. The summed E-state index contributed by atoms with van der Waals surface area (Å²) in [5.74, 6) is 0. The first-order valence-corrected chi connectivity index (χ1v) is 4.76. The van der Waals surface area contributed by atoms with Gasteiger partial charge in [-0.2, -0.15) is 18.3 Å². The topological polar surface area (TPSA) is 54.7 Å². The zero-order valence-corrected chi connectivity index (χ0v) is 8.12. The van der Waals surface area contributed by atoms with E-state index in [0.29, 0.717) is 27.6 Å². The number of thiophene rings is 1. The number of hydrogen-bond donors (Lipinski definition) is 2. The highest BCUT2D eigenvalue weighted by atomic mass is 32.1. The van der Waals surface area contributed by atoms with Crippen LogP contribution in [0, 0.1) is 0 Å². The molecular weight excluding hydrogens is 227 g/mol. The van der Waals surface area contributed by atoms with E-state index in [1.165, 1.54) is 12.3 Å². The molecule has 0 saturated carbocycles. The minimum Gasteiger partial charge on any atom is -0.396 e. The van der Waals surface area contributed by atoms with E-state index < -0.39 is 11.1 Å². The van der Waals surface area contributed by atoms with Crippen molar-refractivity contribution in [1.82, 2.24) is 10.2 Å². The molecule has 3 N–H and O–H groups in total. The van der Waals surface area contributed by atoms with Gasteiger partial charge in [0.2, 0.25) is 0 Å². The summed E-state index contributed by atoms with van der Waals surface area (Å²) in [5.41, 5.74) is 6.29. The van der Waals surface area contributed by atoms with Crippen LogP contribution in [0.15, 0.2) is 18.3 Å². The van der Waals surface area contributed by atoms with Crippen LogP contribution in [0.4, 0.5) is 18.9 Å². The lowest BCUT2D eigenvalue weighted by atomic mass is 10.3. The van der Waals surface area contributed by atoms with Crippen molar-refractivity contribution in [2.45, 2.75) is 6.18 Å². The van der Waals surface area contributed by atoms with Crippen molar-refractivity contribution in [3.05, 3.63) is 23.2 Å². The van der Waals surface area contributed by atoms with E-state index >= 15 is 0 Å². The van der Waals surface area contributed by atoms with Gasteiger partial charge in [-0.25, -0.2) is 0 Å². The predicted molar refractivity (Wildman–Crippen MR) is 51.3 cm³/mol. The Balaban J connectivity index is 2.41. The molecule has 7 heteroatoms. The maximum Gasteiger partial charge on any atom is 0.425 e.